The predicted molar refractivity (Wildman–Crippen MR) is 130 cm³/mol. The van der Waals surface area contributed by atoms with Gasteiger partial charge in [-0.2, -0.15) is 0 Å². The van der Waals surface area contributed by atoms with Gasteiger partial charge < -0.3 is 19.9 Å². The van der Waals surface area contributed by atoms with Crippen LogP contribution < -0.4 is 10.1 Å². The Hall–Kier alpha value is -3.28. The molecule has 0 saturated carbocycles. The van der Waals surface area contributed by atoms with E-state index in [0.717, 1.165) is 27.8 Å². The number of likely N-dealkylation sites (tertiary alicyclic amines) is 1. The van der Waals surface area contributed by atoms with Crippen LogP contribution in [0.25, 0.3) is 10.9 Å². The molecule has 0 bridgehead atoms. The summed E-state index contributed by atoms with van der Waals surface area (Å²) >= 11 is 0. The van der Waals surface area contributed by atoms with Crippen molar-refractivity contribution in [2.75, 3.05) is 26.7 Å². The third-order valence-electron chi connectivity index (χ3n) is 6.67. The van der Waals surface area contributed by atoms with Crippen molar-refractivity contribution in [3.05, 3.63) is 65.9 Å². The summed E-state index contributed by atoms with van der Waals surface area (Å²) in [6.45, 7) is 5.66. The maximum Gasteiger partial charge on any atom is 0.225 e. The summed E-state index contributed by atoms with van der Waals surface area (Å²) in [5, 5.41) is 4.37. The molecule has 33 heavy (non-hydrogen) atoms. The molecule has 2 amide bonds. The maximum atomic E-state index is 13.0. The van der Waals surface area contributed by atoms with E-state index < -0.39 is 0 Å². The highest BCUT2D eigenvalue weighted by Crippen LogP contribution is 2.31. The van der Waals surface area contributed by atoms with Crippen molar-refractivity contribution in [1.29, 1.82) is 0 Å². The number of benzene rings is 2. The molecular formula is C27H33N3O3. The topological polar surface area (TPSA) is 74.4 Å². The van der Waals surface area contributed by atoms with E-state index in [1.807, 2.05) is 49.2 Å². The van der Waals surface area contributed by atoms with E-state index in [-0.39, 0.29) is 29.6 Å². The molecule has 174 valence electrons. The van der Waals surface area contributed by atoms with Gasteiger partial charge in [0.1, 0.15) is 5.75 Å². The van der Waals surface area contributed by atoms with Gasteiger partial charge in [0.15, 0.2) is 0 Å². The SMILES string of the molecule is COc1ccc([C@@H](CNC(=O)C2CCN(C(=O)C(C)C)CC2)c2c[nH]c3ccccc23)cc1. The van der Waals surface area contributed by atoms with Crippen LogP contribution in [0.3, 0.4) is 0 Å². The molecule has 2 aromatic carbocycles. The Morgan fingerprint density at radius 1 is 1.09 bits per heavy atom. The highest BCUT2D eigenvalue weighted by molar-refractivity contribution is 5.85. The monoisotopic (exact) mass is 447 g/mol. The second-order valence-electron chi connectivity index (χ2n) is 9.11. The van der Waals surface area contributed by atoms with Gasteiger partial charge in [0.25, 0.3) is 0 Å². The number of aromatic nitrogens is 1. The second kappa shape index (κ2) is 10.1. The minimum atomic E-state index is -0.0549. The number of amides is 2. The van der Waals surface area contributed by atoms with Crippen LogP contribution in [-0.4, -0.2) is 48.4 Å². The van der Waals surface area contributed by atoms with Crippen LogP contribution >= 0.6 is 0 Å². The van der Waals surface area contributed by atoms with Gasteiger partial charge in [-0.15, -0.1) is 0 Å². The summed E-state index contributed by atoms with van der Waals surface area (Å²) in [6, 6.07) is 16.3. The first-order valence-corrected chi connectivity index (χ1v) is 11.7. The number of hydrogen-bond donors (Lipinski definition) is 2. The quantitative estimate of drug-likeness (QED) is 0.567. The van der Waals surface area contributed by atoms with E-state index in [1.54, 1.807) is 7.11 Å². The molecule has 2 heterocycles. The van der Waals surface area contributed by atoms with E-state index in [4.69, 9.17) is 4.74 Å². The number of nitrogens with one attached hydrogen (secondary N) is 2. The van der Waals surface area contributed by atoms with E-state index >= 15 is 0 Å². The molecule has 1 saturated heterocycles. The van der Waals surface area contributed by atoms with Crippen molar-refractivity contribution < 1.29 is 14.3 Å². The lowest BCUT2D eigenvalue weighted by molar-refractivity contribution is -0.138. The fourth-order valence-corrected chi connectivity index (χ4v) is 4.70. The summed E-state index contributed by atoms with van der Waals surface area (Å²) < 4.78 is 5.32. The molecule has 1 fully saturated rings. The van der Waals surface area contributed by atoms with Crippen LogP contribution in [-0.2, 0) is 9.59 Å². The molecule has 6 heteroatoms. The third-order valence-corrected chi connectivity index (χ3v) is 6.67. The Labute approximate surface area is 195 Å². The smallest absolute Gasteiger partial charge is 0.225 e. The van der Waals surface area contributed by atoms with Gasteiger partial charge >= 0.3 is 0 Å². The second-order valence-corrected chi connectivity index (χ2v) is 9.11. The third kappa shape index (κ3) is 5.05. The molecule has 4 rings (SSSR count). The first-order valence-electron chi connectivity index (χ1n) is 11.7. The highest BCUT2D eigenvalue weighted by atomic mass is 16.5. The fourth-order valence-electron chi connectivity index (χ4n) is 4.70. The molecule has 2 N–H and O–H groups in total. The van der Waals surface area contributed by atoms with Crippen molar-refractivity contribution in [2.24, 2.45) is 11.8 Å². The molecule has 6 nitrogen and oxygen atoms in total. The summed E-state index contributed by atoms with van der Waals surface area (Å²) in [5.41, 5.74) is 3.37. The summed E-state index contributed by atoms with van der Waals surface area (Å²) in [5.74, 6) is 1.01. The minimum Gasteiger partial charge on any atom is -0.497 e. The number of carbonyl (C=O) groups excluding carboxylic acids is 2. The number of carbonyl (C=O) groups is 2. The summed E-state index contributed by atoms with van der Waals surface area (Å²) in [4.78, 5) is 30.5. The molecule has 3 aromatic rings. The molecular weight excluding hydrogens is 414 g/mol. The van der Waals surface area contributed by atoms with Crippen molar-refractivity contribution in [1.82, 2.24) is 15.2 Å². The number of H-pyrrole nitrogens is 1. The van der Waals surface area contributed by atoms with Crippen LogP contribution in [0.5, 0.6) is 5.75 Å². The van der Waals surface area contributed by atoms with Crippen LogP contribution in [0, 0.1) is 11.8 Å². The van der Waals surface area contributed by atoms with E-state index in [0.29, 0.717) is 32.5 Å². The summed E-state index contributed by atoms with van der Waals surface area (Å²) in [6.07, 6.45) is 3.47. The number of hydrogen-bond acceptors (Lipinski definition) is 3. The number of piperidine rings is 1. The lowest BCUT2D eigenvalue weighted by Crippen LogP contribution is -2.44. The Morgan fingerprint density at radius 3 is 2.45 bits per heavy atom. The average Bonchev–Trinajstić information content (AvgIpc) is 3.28. The largest absolute Gasteiger partial charge is 0.497 e. The zero-order valence-electron chi connectivity index (χ0n) is 19.6. The van der Waals surface area contributed by atoms with Crippen LogP contribution in [0.2, 0.25) is 0 Å². The zero-order valence-corrected chi connectivity index (χ0v) is 19.6. The average molecular weight is 448 g/mol. The molecule has 0 unspecified atom stereocenters. The van der Waals surface area contributed by atoms with Gasteiger partial charge in [0.05, 0.1) is 7.11 Å². The van der Waals surface area contributed by atoms with Crippen LogP contribution in [0.4, 0.5) is 0 Å². The van der Waals surface area contributed by atoms with Gasteiger partial charge in [0, 0.05) is 54.5 Å². The zero-order chi connectivity index (χ0) is 23.4. The number of ether oxygens (including phenoxy) is 1. The van der Waals surface area contributed by atoms with Gasteiger partial charge in [-0.1, -0.05) is 44.2 Å². The maximum absolute atomic E-state index is 13.0. The van der Waals surface area contributed by atoms with E-state index in [2.05, 4.69) is 34.6 Å². The minimum absolute atomic E-state index is 0.00296. The number of nitrogens with zero attached hydrogens (tertiary/aromatic N) is 1. The van der Waals surface area contributed by atoms with Gasteiger partial charge in [-0.25, -0.2) is 0 Å². The van der Waals surface area contributed by atoms with Crippen molar-refractivity contribution >= 4 is 22.7 Å². The predicted octanol–water partition coefficient (Wildman–Crippen LogP) is 4.32. The number of rotatable bonds is 7. The lowest BCUT2D eigenvalue weighted by Gasteiger charge is -2.32. The lowest BCUT2D eigenvalue weighted by atomic mass is 9.90. The van der Waals surface area contributed by atoms with E-state index in [1.165, 1.54) is 0 Å². The Balaban J connectivity index is 1.48. The number of aromatic amines is 1. The van der Waals surface area contributed by atoms with Crippen molar-refractivity contribution in [3.63, 3.8) is 0 Å². The van der Waals surface area contributed by atoms with Gasteiger partial charge in [0.2, 0.25) is 11.8 Å². The Morgan fingerprint density at radius 2 is 1.79 bits per heavy atom. The van der Waals surface area contributed by atoms with Crippen molar-refractivity contribution in [2.45, 2.75) is 32.6 Å². The summed E-state index contributed by atoms with van der Waals surface area (Å²) in [7, 11) is 1.66. The molecule has 1 atom stereocenters. The Kier molecular flexibility index (Phi) is 7.02. The van der Waals surface area contributed by atoms with Crippen molar-refractivity contribution in [3.8, 4) is 5.75 Å². The Bertz CT molecular complexity index is 1100. The molecule has 0 radical (unpaired) electrons. The molecule has 0 aliphatic carbocycles. The van der Waals surface area contributed by atoms with E-state index in [9.17, 15) is 9.59 Å². The molecule has 0 spiro atoms. The number of fused-ring (bicyclic) bond motifs is 1. The first kappa shape index (κ1) is 22.9. The van der Waals surface area contributed by atoms with Crippen LogP contribution in [0.15, 0.2) is 54.7 Å². The highest BCUT2D eigenvalue weighted by Gasteiger charge is 2.29. The molecule has 1 aliphatic rings. The molecule has 1 aromatic heterocycles. The van der Waals surface area contributed by atoms with Gasteiger partial charge in [-0.3, -0.25) is 9.59 Å². The van der Waals surface area contributed by atoms with Gasteiger partial charge in [-0.05, 0) is 42.2 Å². The molecule has 1 aliphatic heterocycles. The van der Waals surface area contributed by atoms with Crippen LogP contribution in [0.1, 0.15) is 43.7 Å². The first-order chi connectivity index (χ1) is 16.0. The number of methoxy groups -OCH3 is 1. The standard InChI is InChI=1S/C27H33N3O3/c1-18(2)27(32)30-14-12-20(13-15-30)26(31)29-16-23(19-8-10-21(33-3)11-9-19)24-17-28-25-7-5-4-6-22(24)25/h4-11,17-18,20,23,28H,12-16H2,1-3H3,(H,29,31)/t23-/m1/s1. The number of para-hydroxylation sites is 1. The fraction of sp³-hybridized carbons (Fsp3) is 0.407. The normalized spacial score (nSPS) is 15.6.